The molecule has 1 aliphatic rings. The van der Waals surface area contributed by atoms with Crippen LogP contribution in [0.1, 0.15) is 6.92 Å². The second kappa shape index (κ2) is 8.80. The summed E-state index contributed by atoms with van der Waals surface area (Å²) in [7, 11) is -4.03. The Morgan fingerprint density at radius 2 is 1.85 bits per heavy atom. The molecule has 0 saturated carbocycles. The highest BCUT2D eigenvalue weighted by atomic mass is 32.2. The molecule has 0 fully saturated rings. The third-order valence-electron chi connectivity index (χ3n) is 4.83. The SMILES string of the molecule is CCOc1ccc(Nc2oc(-c3cccs3)nc2S(=O)(=O)c2ccc3c(c2)OCCO3)cc1. The van der Waals surface area contributed by atoms with Crippen molar-refractivity contribution in [1.29, 1.82) is 0 Å². The van der Waals surface area contributed by atoms with Crippen LogP contribution in [-0.2, 0) is 9.84 Å². The first kappa shape index (κ1) is 21.4. The summed E-state index contributed by atoms with van der Waals surface area (Å²) in [5.41, 5.74) is 0.631. The Hall–Kier alpha value is -3.50. The minimum absolute atomic E-state index is 0.0254. The van der Waals surface area contributed by atoms with Crippen LogP contribution in [-0.4, -0.2) is 33.2 Å². The highest BCUT2D eigenvalue weighted by Gasteiger charge is 2.30. The molecule has 0 radical (unpaired) electrons. The molecular weight excluding hydrogens is 464 g/mol. The van der Waals surface area contributed by atoms with E-state index in [1.54, 1.807) is 30.3 Å². The highest BCUT2D eigenvalue weighted by Crippen LogP contribution is 2.38. The fourth-order valence-electron chi connectivity index (χ4n) is 3.31. The number of aromatic nitrogens is 1. The number of ether oxygens (including phenoxy) is 3. The third-order valence-corrected chi connectivity index (χ3v) is 7.35. The smallest absolute Gasteiger partial charge is 0.240 e. The predicted octanol–water partition coefficient (Wildman–Crippen LogP) is 5.15. The van der Waals surface area contributed by atoms with Crippen LogP contribution in [0.25, 0.3) is 10.8 Å². The van der Waals surface area contributed by atoms with Gasteiger partial charge < -0.3 is 23.9 Å². The van der Waals surface area contributed by atoms with Crippen molar-refractivity contribution < 1.29 is 27.0 Å². The summed E-state index contributed by atoms with van der Waals surface area (Å²) in [5, 5.41) is 4.70. The molecule has 4 aromatic rings. The number of hydrogen-bond donors (Lipinski definition) is 1. The number of nitrogens with zero attached hydrogens (tertiary/aromatic N) is 1. The van der Waals surface area contributed by atoms with E-state index in [2.05, 4.69) is 10.3 Å². The Labute approximate surface area is 194 Å². The van der Waals surface area contributed by atoms with Gasteiger partial charge in [0.15, 0.2) is 11.5 Å². The maximum absolute atomic E-state index is 13.6. The molecule has 1 N–H and O–H groups in total. The quantitative estimate of drug-likeness (QED) is 0.384. The van der Waals surface area contributed by atoms with Crippen LogP contribution >= 0.6 is 11.3 Å². The summed E-state index contributed by atoms with van der Waals surface area (Å²) >= 11 is 1.40. The van der Waals surface area contributed by atoms with Crippen molar-refractivity contribution in [1.82, 2.24) is 4.98 Å². The minimum atomic E-state index is -4.03. The average Bonchev–Trinajstić information content (AvgIpc) is 3.51. The number of benzene rings is 2. The first-order valence-corrected chi connectivity index (χ1v) is 12.6. The Bertz CT molecular complexity index is 1360. The third kappa shape index (κ3) is 4.27. The van der Waals surface area contributed by atoms with E-state index in [9.17, 15) is 8.42 Å². The number of fused-ring (bicyclic) bond motifs is 1. The van der Waals surface area contributed by atoms with Crippen molar-refractivity contribution in [2.45, 2.75) is 16.8 Å². The molecule has 8 nitrogen and oxygen atoms in total. The van der Waals surface area contributed by atoms with E-state index in [1.165, 1.54) is 23.5 Å². The molecule has 0 aliphatic carbocycles. The predicted molar refractivity (Wildman–Crippen MR) is 124 cm³/mol. The Balaban J connectivity index is 1.55. The second-order valence-corrected chi connectivity index (χ2v) is 9.83. The van der Waals surface area contributed by atoms with Crippen LogP contribution < -0.4 is 19.5 Å². The highest BCUT2D eigenvalue weighted by molar-refractivity contribution is 7.91. The molecule has 33 heavy (non-hydrogen) atoms. The van der Waals surface area contributed by atoms with Crippen LogP contribution in [0.4, 0.5) is 11.6 Å². The van der Waals surface area contributed by atoms with E-state index in [4.69, 9.17) is 18.6 Å². The lowest BCUT2D eigenvalue weighted by Crippen LogP contribution is -2.16. The maximum atomic E-state index is 13.6. The monoisotopic (exact) mass is 484 g/mol. The zero-order chi connectivity index (χ0) is 22.8. The van der Waals surface area contributed by atoms with Gasteiger partial charge in [0.05, 0.1) is 16.4 Å². The van der Waals surface area contributed by atoms with Gasteiger partial charge in [-0.3, -0.25) is 0 Å². The van der Waals surface area contributed by atoms with Gasteiger partial charge in [-0.1, -0.05) is 6.07 Å². The number of nitrogens with one attached hydrogen (secondary N) is 1. The van der Waals surface area contributed by atoms with Crippen LogP contribution in [0.2, 0.25) is 0 Å². The van der Waals surface area contributed by atoms with Crippen molar-refractivity contribution in [3.05, 3.63) is 60.0 Å². The molecule has 10 heteroatoms. The molecule has 0 atom stereocenters. The van der Waals surface area contributed by atoms with Crippen molar-refractivity contribution in [2.24, 2.45) is 0 Å². The molecular formula is C23H20N2O6S2. The summed E-state index contributed by atoms with van der Waals surface area (Å²) < 4.78 is 49.6. The summed E-state index contributed by atoms with van der Waals surface area (Å²) in [5.74, 6) is 1.84. The van der Waals surface area contributed by atoms with Gasteiger partial charge in [0, 0.05) is 11.8 Å². The second-order valence-electron chi connectivity index (χ2n) is 7.02. The fraction of sp³-hybridized carbons (Fsp3) is 0.174. The molecule has 5 rings (SSSR count). The van der Waals surface area contributed by atoms with Crippen LogP contribution in [0.15, 0.2) is 74.3 Å². The van der Waals surface area contributed by atoms with Gasteiger partial charge in [-0.05, 0) is 54.8 Å². The fourth-order valence-corrected chi connectivity index (χ4v) is 5.23. The van der Waals surface area contributed by atoms with E-state index in [-0.39, 0.29) is 21.7 Å². The number of oxazole rings is 1. The summed E-state index contributed by atoms with van der Waals surface area (Å²) in [6.07, 6.45) is 0. The Morgan fingerprint density at radius 1 is 1.06 bits per heavy atom. The van der Waals surface area contributed by atoms with E-state index < -0.39 is 9.84 Å². The van der Waals surface area contributed by atoms with Crippen molar-refractivity contribution in [3.63, 3.8) is 0 Å². The molecule has 2 aromatic heterocycles. The van der Waals surface area contributed by atoms with Gasteiger partial charge in [0.2, 0.25) is 26.6 Å². The van der Waals surface area contributed by atoms with Crippen LogP contribution in [0.5, 0.6) is 17.2 Å². The normalized spacial score (nSPS) is 13.0. The molecule has 0 saturated heterocycles. The van der Waals surface area contributed by atoms with E-state index in [1.807, 2.05) is 24.4 Å². The average molecular weight is 485 g/mol. The zero-order valence-electron chi connectivity index (χ0n) is 17.6. The van der Waals surface area contributed by atoms with Gasteiger partial charge in [-0.2, -0.15) is 4.98 Å². The lowest BCUT2D eigenvalue weighted by molar-refractivity contribution is 0.171. The maximum Gasteiger partial charge on any atom is 0.240 e. The summed E-state index contributed by atoms with van der Waals surface area (Å²) in [6, 6.07) is 15.3. The molecule has 3 heterocycles. The zero-order valence-corrected chi connectivity index (χ0v) is 19.2. The van der Waals surface area contributed by atoms with E-state index in [0.717, 1.165) is 0 Å². The van der Waals surface area contributed by atoms with Crippen molar-refractivity contribution >= 4 is 32.7 Å². The molecule has 170 valence electrons. The topological polar surface area (TPSA) is 99.9 Å². The molecule has 0 spiro atoms. The molecule has 2 aromatic carbocycles. The molecule has 0 bridgehead atoms. The standard InChI is InChI=1S/C23H20N2O6S2/c1-2-28-16-7-5-15(6-8-16)24-22-23(25-21(31-22)20-4-3-13-32-20)33(26,27)17-9-10-18-19(14-17)30-12-11-29-18/h3-10,13-14,24H,2,11-12H2,1H3. The number of rotatable bonds is 7. The molecule has 0 unspecified atom stereocenters. The van der Waals surface area contributed by atoms with Crippen LogP contribution in [0.3, 0.4) is 0 Å². The lowest BCUT2D eigenvalue weighted by atomic mass is 10.3. The van der Waals surface area contributed by atoms with Gasteiger partial charge in [0.1, 0.15) is 19.0 Å². The summed E-state index contributed by atoms with van der Waals surface area (Å²) in [4.78, 5) is 5.10. The Kier molecular flexibility index (Phi) is 5.69. The number of sulfone groups is 1. The van der Waals surface area contributed by atoms with Crippen molar-refractivity contribution in [3.8, 4) is 28.0 Å². The Morgan fingerprint density at radius 3 is 2.58 bits per heavy atom. The number of hydrogen-bond acceptors (Lipinski definition) is 9. The molecule has 0 amide bonds. The summed E-state index contributed by atoms with van der Waals surface area (Å²) in [6.45, 7) is 3.23. The lowest BCUT2D eigenvalue weighted by Gasteiger charge is -2.18. The number of anilines is 2. The minimum Gasteiger partial charge on any atom is -0.494 e. The van der Waals surface area contributed by atoms with Crippen molar-refractivity contribution in [2.75, 3.05) is 25.1 Å². The largest absolute Gasteiger partial charge is 0.494 e. The first-order chi connectivity index (χ1) is 16.0. The first-order valence-electron chi connectivity index (χ1n) is 10.2. The van der Waals surface area contributed by atoms with Gasteiger partial charge in [-0.15, -0.1) is 11.3 Å². The van der Waals surface area contributed by atoms with Gasteiger partial charge >= 0.3 is 0 Å². The van der Waals surface area contributed by atoms with E-state index in [0.29, 0.717) is 47.6 Å². The van der Waals surface area contributed by atoms with Crippen LogP contribution in [0, 0.1) is 0 Å². The van der Waals surface area contributed by atoms with Gasteiger partial charge in [0.25, 0.3) is 0 Å². The van der Waals surface area contributed by atoms with Gasteiger partial charge in [-0.25, -0.2) is 8.42 Å². The molecule has 1 aliphatic heterocycles. The number of thiophene rings is 1. The van der Waals surface area contributed by atoms with E-state index >= 15 is 0 Å².